The quantitative estimate of drug-likeness (QED) is 0.900. The monoisotopic (exact) mass is 336 g/mol. The molecule has 126 valence electrons. The van der Waals surface area contributed by atoms with Gasteiger partial charge >= 0.3 is 6.03 Å². The number of ether oxygens (including phenoxy) is 2. The third-order valence-corrected chi connectivity index (χ3v) is 3.06. The van der Waals surface area contributed by atoms with Crippen LogP contribution in [0.5, 0.6) is 11.5 Å². The number of urea groups is 1. The Kier molecular flexibility index (Phi) is 5.31. The Hall–Kier alpha value is -3.16. The first-order chi connectivity index (χ1) is 11.5. The van der Waals surface area contributed by atoms with Crippen LogP contribution in [0.1, 0.15) is 10.4 Å². The van der Waals surface area contributed by atoms with E-state index in [1.165, 1.54) is 26.4 Å². The van der Waals surface area contributed by atoms with Gasteiger partial charge in [0.05, 0.1) is 14.2 Å². The normalized spacial score (nSPS) is 10.0. The third-order valence-electron chi connectivity index (χ3n) is 3.06. The van der Waals surface area contributed by atoms with E-state index in [-0.39, 0.29) is 0 Å². The van der Waals surface area contributed by atoms with Crippen molar-refractivity contribution in [1.29, 1.82) is 0 Å². The summed E-state index contributed by atoms with van der Waals surface area (Å²) in [7, 11) is 2.88. The number of hydrogen-bond donors (Lipinski definition) is 2. The van der Waals surface area contributed by atoms with E-state index in [0.717, 1.165) is 18.2 Å². The molecule has 0 spiro atoms. The van der Waals surface area contributed by atoms with E-state index in [2.05, 4.69) is 5.32 Å². The molecule has 0 aliphatic heterocycles. The number of amides is 3. The van der Waals surface area contributed by atoms with Crippen LogP contribution in [0.3, 0.4) is 0 Å². The van der Waals surface area contributed by atoms with Gasteiger partial charge in [0.1, 0.15) is 17.2 Å². The second kappa shape index (κ2) is 7.40. The molecular formula is C16H14F2N2O4. The van der Waals surface area contributed by atoms with E-state index in [1.807, 2.05) is 5.32 Å². The van der Waals surface area contributed by atoms with Gasteiger partial charge in [0.2, 0.25) is 0 Å². The molecule has 0 unspecified atom stereocenters. The molecule has 0 aliphatic carbocycles. The van der Waals surface area contributed by atoms with E-state index in [0.29, 0.717) is 17.2 Å². The highest BCUT2D eigenvalue weighted by molar-refractivity contribution is 6.08. The summed E-state index contributed by atoms with van der Waals surface area (Å²) in [6, 6.07) is 6.53. The first-order valence-electron chi connectivity index (χ1n) is 6.74. The highest BCUT2D eigenvalue weighted by Gasteiger charge is 2.19. The number of hydrogen-bond acceptors (Lipinski definition) is 4. The lowest BCUT2D eigenvalue weighted by Gasteiger charge is -2.11. The van der Waals surface area contributed by atoms with Gasteiger partial charge in [-0.25, -0.2) is 13.6 Å². The minimum absolute atomic E-state index is 0.298. The van der Waals surface area contributed by atoms with Gasteiger partial charge in [-0.15, -0.1) is 0 Å². The van der Waals surface area contributed by atoms with Crippen molar-refractivity contribution >= 4 is 17.6 Å². The van der Waals surface area contributed by atoms with Gasteiger partial charge in [0, 0.05) is 11.8 Å². The summed E-state index contributed by atoms with van der Waals surface area (Å²) in [6.07, 6.45) is 0. The van der Waals surface area contributed by atoms with E-state index in [4.69, 9.17) is 9.47 Å². The van der Waals surface area contributed by atoms with Gasteiger partial charge < -0.3 is 14.8 Å². The maximum absolute atomic E-state index is 13.5. The number of benzene rings is 2. The Morgan fingerprint density at radius 1 is 0.958 bits per heavy atom. The number of halogens is 2. The van der Waals surface area contributed by atoms with Crippen molar-refractivity contribution in [3.8, 4) is 11.5 Å². The molecule has 2 aromatic carbocycles. The second-order valence-electron chi connectivity index (χ2n) is 4.57. The standard InChI is InChI=1S/C16H14F2N2O4/c1-23-12-7-6-9(8-13(12)24-2)19-16(22)20-15(21)14-10(17)4-3-5-11(14)18/h3-8H,1-2H3,(H2,19,20,21,22). The maximum atomic E-state index is 13.5. The minimum Gasteiger partial charge on any atom is -0.493 e. The van der Waals surface area contributed by atoms with E-state index in [1.54, 1.807) is 6.07 Å². The molecule has 2 rings (SSSR count). The fraction of sp³-hybridized carbons (Fsp3) is 0.125. The molecular weight excluding hydrogens is 322 g/mol. The first-order valence-corrected chi connectivity index (χ1v) is 6.74. The maximum Gasteiger partial charge on any atom is 0.326 e. The zero-order valence-electron chi connectivity index (χ0n) is 12.9. The van der Waals surface area contributed by atoms with Crippen molar-refractivity contribution in [2.24, 2.45) is 0 Å². The highest BCUT2D eigenvalue weighted by Crippen LogP contribution is 2.29. The molecule has 8 heteroatoms. The zero-order chi connectivity index (χ0) is 17.7. The van der Waals surface area contributed by atoms with Crippen molar-refractivity contribution in [2.45, 2.75) is 0 Å². The summed E-state index contributed by atoms with van der Waals surface area (Å²) in [5.41, 5.74) is -0.535. The topological polar surface area (TPSA) is 76.7 Å². The van der Waals surface area contributed by atoms with Crippen LogP contribution in [0.15, 0.2) is 36.4 Å². The summed E-state index contributed by atoms with van der Waals surface area (Å²) in [6.45, 7) is 0. The minimum atomic E-state index is -1.19. The Morgan fingerprint density at radius 3 is 2.17 bits per heavy atom. The van der Waals surface area contributed by atoms with Gasteiger partial charge in [-0.2, -0.15) is 0 Å². The number of methoxy groups -OCH3 is 2. The number of anilines is 1. The van der Waals surface area contributed by atoms with Crippen LogP contribution >= 0.6 is 0 Å². The predicted molar refractivity (Wildman–Crippen MR) is 82.4 cm³/mol. The van der Waals surface area contributed by atoms with Gasteiger partial charge in [0.25, 0.3) is 5.91 Å². The van der Waals surface area contributed by atoms with Crippen LogP contribution in [-0.2, 0) is 0 Å². The number of carbonyl (C=O) groups is 2. The summed E-state index contributed by atoms with van der Waals surface area (Å²) < 4.78 is 37.1. The van der Waals surface area contributed by atoms with Gasteiger partial charge in [-0.1, -0.05) is 6.07 Å². The Balaban J connectivity index is 2.09. The van der Waals surface area contributed by atoms with Crippen molar-refractivity contribution in [3.63, 3.8) is 0 Å². The Morgan fingerprint density at radius 2 is 1.58 bits per heavy atom. The first kappa shape index (κ1) is 17.2. The average Bonchev–Trinajstić information content (AvgIpc) is 2.54. The number of rotatable bonds is 4. The molecule has 0 bridgehead atoms. The van der Waals surface area contributed by atoms with E-state index < -0.39 is 29.1 Å². The molecule has 0 aromatic heterocycles. The van der Waals surface area contributed by atoms with Crippen LogP contribution in [0, 0.1) is 11.6 Å². The summed E-state index contributed by atoms with van der Waals surface area (Å²) in [4.78, 5) is 23.6. The van der Waals surface area contributed by atoms with Gasteiger partial charge in [-0.3, -0.25) is 10.1 Å². The van der Waals surface area contributed by atoms with Crippen molar-refractivity contribution in [1.82, 2.24) is 5.32 Å². The van der Waals surface area contributed by atoms with Crippen LogP contribution in [-0.4, -0.2) is 26.2 Å². The smallest absolute Gasteiger partial charge is 0.326 e. The van der Waals surface area contributed by atoms with E-state index in [9.17, 15) is 18.4 Å². The fourth-order valence-corrected chi connectivity index (χ4v) is 1.96. The van der Waals surface area contributed by atoms with E-state index >= 15 is 0 Å². The molecule has 0 atom stereocenters. The summed E-state index contributed by atoms with van der Waals surface area (Å²) in [5.74, 6) is -2.50. The number of nitrogens with one attached hydrogen (secondary N) is 2. The molecule has 24 heavy (non-hydrogen) atoms. The van der Waals surface area contributed by atoms with Crippen LogP contribution < -0.4 is 20.1 Å². The summed E-state index contributed by atoms with van der Waals surface area (Å²) >= 11 is 0. The number of imide groups is 1. The Labute approximate surface area is 136 Å². The van der Waals surface area contributed by atoms with Crippen molar-refractivity contribution in [2.75, 3.05) is 19.5 Å². The lowest BCUT2D eigenvalue weighted by molar-refractivity contribution is 0.0959. The molecule has 0 fully saturated rings. The number of carbonyl (C=O) groups excluding carboxylic acids is 2. The molecule has 0 heterocycles. The highest BCUT2D eigenvalue weighted by atomic mass is 19.1. The second-order valence-corrected chi connectivity index (χ2v) is 4.57. The molecule has 3 amide bonds. The molecule has 0 saturated heterocycles. The average molecular weight is 336 g/mol. The Bertz CT molecular complexity index is 760. The van der Waals surface area contributed by atoms with Crippen molar-refractivity contribution < 1.29 is 27.8 Å². The molecule has 0 aliphatic rings. The molecule has 0 saturated carbocycles. The van der Waals surface area contributed by atoms with Crippen LogP contribution in [0.2, 0.25) is 0 Å². The predicted octanol–water partition coefficient (Wildman–Crippen LogP) is 2.94. The lowest BCUT2D eigenvalue weighted by atomic mass is 10.2. The SMILES string of the molecule is COc1ccc(NC(=O)NC(=O)c2c(F)cccc2F)cc1OC. The van der Waals surface area contributed by atoms with Crippen LogP contribution in [0.25, 0.3) is 0 Å². The fourth-order valence-electron chi connectivity index (χ4n) is 1.96. The zero-order valence-corrected chi connectivity index (χ0v) is 12.9. The van der Waals surface area contributed by atoms with Gasteiger partial charge in [0.15, 0.2) is 11.5 Å². The van der Waals surface area contributed by atoms with Crippen LogP contribution in [0.4, 0.5) is 19.3 Å². The molecule has 2 aromatic rings. The molecule has 0 radical (unpaired) electrons. The van der Waals surface area contributed by atoms with Gasteiger partial charge in [-0.05, 0) is 24.3 Å². The largest absolute Gasteiger partial charge is 0.493 e. The summed E-state index contributed by atoms with van der Waals surface area (Å²) in [5, 5.41) is 4.21. The lowest BCUT2D eigenvalue weighted by Crippen LogP contribution is -2.35. The third kappa shape index (κ3) is 3.78. The molecule has 6 nitrogen and oxygen atoms in total. The van der Waals surface area contributed by atoms with Crippen molar-refractivity contribution in [3.05, 3.63) is 53.6 Å². The molecule has 2 N–H and O–H groups in total.